The van der Waals surface area contributed by atoms with Crippen molar-refractivity contribution in [2.24, 2.45) is 5.41 Å². The van der Waals surface area contributed by atoms with Crippen molar-refractivity contribution in [1.82, 2.24) is 0 Å². The smallest absolute Gasteiger partial charge is 0.311 e. The highest BCUT2D eigenvalue weighted by molar-refractivity contribution is 5.75. The first-order valence-corrected chi connectivity index (χ1v) is 5.03. The number of hydrogen-bond acceptors (Lipinski definition) is 3. The Morgan fingerprint density at radius 2 is 2.07 bits per heavy atom. The highest BCUT2D eigenvalue weighted by Crippen LogP contribution is 2.14. The van der Waals surface area contributed by atoms with Gasteiger partial charge in [0.15, 0.2) is 0 Å². The molecule has 3 heteroatoms. The molecule has 15 heavy (non-hydrogen) atoms. The predicted octanol–water partition coefficient (Wildman–Crippen LogP) is 2.68. The molecule has 0 saturated heterocycles. The monoisotopic (exact) mass is 212 g/mol. The Hall–Kier alpha value is -1.25. The van der Waals surface area contributed by atoms with Crippen LogP contribution in [0.4, 0.5) is 0 Å². The molecule has 86 valence electrons. The highest BCUT2D eigenvalue weighted by Gasteiger charge is 2.22. The van der Waals surface area contributed by atoms with Gasteiger partial charge in [0.2, 0.25) is 0 Å². The van der Waals surface area contributed by atoms with Crippen molar-refractivity contribution in [2.45, 2.75) is 27.2 Å². The van der Waals surface area contributed by atoms with Crippen LogP contribution in [-0.4, -0.2) is 19.2 Å². The van der Waals surface area contributed by atoms with Crippen LogP contribution in [0.3, 0.4) is 0 Å². The standard InChI is InChI=1S/C12H20O3/c1-5-8-14-9-6-7-10-15-11(13)12(2,3)4/h5-6,9H,1,7-8,10H2,2-4H3/b9-6+. The molecule has 0 fully saturated rings. The normalized spacial score (nSPS) is 11.4. The van der Waals surface area contributed by atoms with Crippen molar-refractivity contribution in [3.63, 3.8) is 0 Å². The van der Waals surface area contributed by atoms with E-state index in [1.165, 1.54) is 0 Å². The molecular weight excluding hydrogens is 192 g/mol. The third kappa shape index (κ3) is 7.79. The largest absolute Gasteiger partial charge is 0.497 e. The molecule has 0 aliphatic rings. The van der Waals surface area contributed by atoms with E-state index in [9.17, 15) is 4.79 Å². The van der Waals surface area contributed by atoms with Gasteiger partial charge in [-0.3, -0.25) is 4.79 Å². The molecule has 0 amide bonds. The van der Waals surface area contributed by atoms with Gasteiger partial charge in [-0.05, 0) is 26.8 Å². The summed E-state index contributed by atoms with van der Waals surface area (Å²) in [6, 6.07) is 0. The lowest BCUT2D eigenvalue weighted by Gasteiger charge is -2.15. The zero-order valence-corrected chi connectivity index (χ0v) is 9.79. The van der Waals surface area contributed by atoms with Gasteiger partial charge in [0.25, 0.3) is 0 Å². The van der Waals surface area contributed by atoms with Crippen LogP contribution in [0.5, 0.6) is 0 Å². The molecule has 0 aromatic carbocycles. The third-order valence-electron chi connectivity index (χ3n) is 1.54. The van der Waals surface area contributed by atoms with Gasteiger partial charge in [0.1, 0.15) is 6.61 Å². The van der Waals surface area contributed by atoms with Gasteiger partial charge in [-0.2, -0.15) is 0 Å². The van der Waals surface area contributed by atoms with Gasteiger partial charge in [-0.15, -0.1) is 0 Å². The first-order chi connectivity index (χ1) is 6.98. The molecule has 0 aromatic heterocycles. The van der Waals surface area contributed by atoms with E-state index >= 15 is 0 Å². The van der Waals surface area contributed by atoms with Crippen LogP contribution in [0.15, 0.2) is 25.0 Å². The van der Waals surface area contributed by atoms with Crippen LogP contribution < -0.4 is 0 Å². The Morgan fingerprint density at radius 1 is 1.40 bits per heavy atom. The molecule has 0 spiro atoms. The van der Waals surface area contributed by atoms with E-state index in [4.69, 9.17) is 9.47 Å². The summed E-state index contributed by atoms with van der Waals surface area (Å²) in [4.78, 5) is 11.3. The van der Waals surface area contributed by atoms with E-state index in [1.54, 1.807) is 12.3 Å². The molecule has 0 aromatic rings. The number of esters is 1. The maximum Gasteiger partial charge on any atom is 0.311 e. The van der Waals surface area contributed by atoms with Crippen LogP contribution in [0.25, 0.3) is 0 Å². The topological polar surface area (TPSA) is 35.5 Å². The molecule has 0 radical (unpaired) electrons. The van der Waals surface area contributed by atoms with Gasteiger partial charge in [0.05, 0.1) is 18.3 Å². The number of ether oxygens (including phenoxy) is 2. The quantitative estimate of drug-likeness (QED) is 0.294. The number of carbonyl (C=O) groups is 1. The van der Waals surface area contributed by atoms with E-state index in [0.29, 0.717) is 19.6 Å². The van der Waals surface area contributed by atoms with Crippen molar-refractivity contribution < 1.29 is 14.3 Å². The number of rotatable bonds is 6. The van der Waals surface area contributed by atoms with Gasteiger partial charge in [0, 0.05) is 6.42 Å². The Morgan fingerprint density at radius 3 is 2.60 bits per heavy atom. The minimum absolute atomic E-state index is 0.178. The summed E-state index contributed by atoms with van der Waals surface area (Å²) in [6.07, 6.45) is 5.75. The fourth-order valence-corrected chi connectivity index (χ4v) is 0.696. The van der Waals surface area contributed by atoms with Gasteiger partial charge >= 0.3 is 5.97 Å². The van der Waals surface area contributed by atoms with Crippen molar-refractivity contribution >= 4 is 5.97 Å². The summed E-state index contributed by atoms with van der Waals surface area (Å²) < 4.78 is 10.1. The van der Waals surface area contributed by atoms with E-state index in [-0.39, 0.29) is 5.97 Å². The zero-order chi connectivity index (χ0) is 11.7. The average molecular weight is 212 g/mol. The fraction of sp³-hybridized carbons (Fsp3) is 0.583. The van der Waals surface area contributed by atoms with E-state index in [1.807, 2.05) is 26.8 Å². The Bertz CT molecular complexity index is 224. The second kappa shape index (κ2) is 7.10. The summed E-state index contributed by atoms with van der Waals surface area (Å²) >= 11 is 0. The number of hydrogen-bond donors (Lipinski definition) is 0. The van der Waals surface area contributed by atoms with Crippen LogP contribution in [0.1, 0.15) is 27.2 Å². The minimum atomic E-state index is -0.428. The summed E-state index contributed by atoms with van der Waals surface area (Å²) in [5.41, 5.74) is -0.428. The van der Waals surface area contributed by atoms with Gasteiger partial charge in [-0.1, -0.05) is 12.7 Å². The molecule has 0 N–H and O–H groups in total. The molecule has 0 rings (SSSR count). The van der Waals surface area contributed by atoms with Gasteiger partial charge < -0.3 is 9.47 Å². The third-order valence-corrected chi connectivity index (χ3v) is 1.54. The van der Waals surface area contributed by atoms with Crippen molar-refractivity contribution in [2.75, 3.05) is 13.2 Å². The average Bonchev–Trinajstić information content (AvgIpc) is 2.14. The summed E-state index contributed by atoms with van der Waals surface area (Å²) in [5.74, 6) is -0.178. The van der Waals surface area contributed by atoms with E-state index < -0.39 is 5.41 Å². The number of carbonyl (C=O) groups excluding carboxylic acids is 1. The summed E-state index contributed by atoms with van der Waals surface area (Å²) in [5, 5.41) is 0. The van der Waals surface area contributed by atoms with Crippen molar-refractivity contribution in [1.29, 1.82) is 0 Å². The molecule has 0 heterocycles. The fourth-order valence-electron chi connectivity index (χ4n) is 0.696. The Balaban J connectivity index is 3.50. The van der Waals surface area contributed by atoms with Crippen LogP contribution in [0, 0.1) is 5.41 Å². The van der Waals surface area contributed by atoms with Crippen molar-refractivity contribution in [3.8, 4) is 0 Å². The first-order valence-electron chi connectivity index (χ1n) is 5.03. The lowest BCUT2D eigenvalue weighted by atomic mass is 9.97. The van der Waals surface area contributed by atoms with Crippen LogP contribution >= 0.6 is 0 Å². The summed E-state index contributed by atoms with van der Waals surface area (Å²) in [6.45, 7) is 9.90. The molecule has 0 aliphatic carbocycles. The minimum Gasteiger partial charge on any atom is -0.497 e. The molecular formula is C12H20O3. The molecule has 0 saturated carbocycles. The maximum atomic E-state index is 11.3. The predicted molar refractivity (Wildman–Crippen MR) is 60.3 cm³/mol. The van der Waals surface area contributed by atoms with Gasteiger partial charge in [-0.25, -0.2) is 0 Å². The maximum absolute atomic E-state index is 11.3. The highest BCUT2D eigenvalue weighted by atomic mass is 16.5. The molecule has 0 aliphatic heterocycles. The SMILES string of the molecule is C=CCO/C=C/CCOC(=O)C(C)(C)C. The Kier molecular flexibility index (Phi) is 6.50. The zero-order valence-electron chi connectivity index (χ0n) is 9.79. The molecule has 0 bridgehead atoms. The molecule has 0 atom stereocenters. The van der Waals surface area contributed by atoms with Crippen LogP contribution in [0.2, 0.25) is 0 Å². The van der Waals surface area contributed by atoms with E-state index in [2.05, 4.69) is 6.58 Å². The van der Waals surface area contributed by atoms with E-state index in [0.717, 1.165) is 0 Å². The van der Waals surface area contributed by atoms with Crippen molar-refractivity contribution in [3.05, 3.63) is 25.0 Å². The first kappa shape index (κ1) is 13.8. The van der Waals surface area contributed by atoms with Crippen LogP contribution in [-0.2, 0) is 14.3 Å². The Labute approximate surface area is 91.8 Å². The lowest BCUT2D eigenvalue weighted by Crippen LogP contribution is -2.23. The summed E-state index contributed by atoms with van der Waals surface area (Å²) in [7, 11) is 0. The second-order valence-electron chi connectivity index (χ2n) is 4.17. The molecule has 3 nitrogen and oxygen atoms in total. The second-order valence-corrected chi connectivity index (χ2v) is 4.17. The molecule has 0 unspecified atom stereocenters. The lowest BCUT2D eigenvalue weighted by molar-refractivity contribution is -0.152.